The first-order chi connectivity index (χ1) is 20.9. The third-order valence-corrected chi connectivity index (χ3v) is 10.7. The van der Waals surface area contributed by atoms with Crippen LogP contribution in [0.2, 0.25) is 0 Å². The van der Waals surface area contributed by atoms with Crippen LogP contribution >= 0.6 is 0 Å². The first-order valence-corrected chi connectivity index (χ1v) is 16.9. The maximum Gasteiger partial charge on any atom is 0.417 e. The maximum atomic E-state index is 13.7. The summed E-state index contributed by atoms with van der Waals surface area (Å²) in [6.45, 7) is 2.40. The molecule has 2 aromatic carbocycles. The zero-order chi connectivity index (χ0) is 31.5. The largest absolute Gasteiger partial charge is 0.417 e. The molecule has 2 atom stereocenters. The van der Waals surface area contributed by atoms with Gasteiger partial charge in [0.15, 0.2) is 9.84 Å². The Kier molecular flexibility index (Phi) is 9.53. The second kappa shape index (κ2) is 13.2. The molecular formula is C33H38F3N3O4S. The molecule has 3 aromatic rings. The van der Waals surface area contributed by atoms with Crippen molar-refractivity contribution in [3.63, 3.8) is 0 Å². The fourth-order valence-corrected chi connectivity index (χ4v) is 8.29. The highest BCUT2D eigenvalue weighted by Gasteiger charge is 2.35. The van der Waals surface area contributed by atoms with Crippen molar-refractivity contribution >= 4 is 38.4 Å². The number of rotatable bonds is 9. The van der Waals surface area contributed by atoms with Crippen LogP contribution < -0.4 is 15.8 Å². The Morgan fingerprint density at radius 2 is 1.75 bits per heavy atom. The number of hydrogen-bond acceptors (Lipinski definition) is 5. The summed E-state index contributed by atoms with van der Waals surface area (Å²) in [6.07, 6.45) is 5.95. The van der Waals surface area contributed by atoms with Gasteiger partial charge < -0.3 is 15.2 Å². The van der Waals surface area contributed by atoms with Crippen molar-refractivity contribution in [2.75, 3.05) is 17.2 Å². The monoisotopic (exact) mass is 629 g/mol. The van der Waals surface area contributed by atoms with E-state index in [0.717, 1.165) is 38.5 Å². The van der Waals surface area contributed by atoms with E-state index >= 15 is 0 Å². The van der Waals surface area contributed by atoms with Gasteiger partial charge in [0, 0.05) is 47.4 Å². The highest BCUT2D eigenvalue weighted by Crippen LogP contribution is 2.38. The molecule has 2 N–H and O–H groups in total. The summed E-state index contributed by atoms with van der Waals surface area (Å²) < 4.78 is 66.7. The Morgan fingerprint density at radius 3 is 2.45 bits per heavy atom. The number of amides is 1. The lowest BCUT2D eigenvalue weighted by Gasteiger charge is -2.31. The van der Waals surface area contributed by atoms with E-state index in [9.17, 15) is 31.2 Å². The van der Waals surface area contributed by atoms with Crippen LogP contribution in [0.25, 0.3) is 17.0 Å². The topological polar surface area (TPSA) is 99.3 Å². The number of halogens is 3. The van der Waals surface area contributed by atoms with Gasteiger partial charge in [-0.3, -0.25) is 9.59 Å². The number of H-pyrrole nitrogens is 1. The Hall–Kier alpha value is -3.60. The molecule has 2 fully saturated rings. The molecule has 11 heteroatoms. The molecule has 236 valence electrons. The van der Waals surface area contributed by atoms with E-state index in [2.05, 4.69) is 15.2 Å². The zero-order valence-electron chi connectivity index (χ0n) is 24.7. The van der Waals surface area contributed by atoms with Gasteiger partial charge in [-0.05, 0) is 86.9 Å². The van der Waals surface area contributed by atoms with Crippen molar-refractivity contribution in [2.24, 2.45) is 5.92 Å². The summed E-state index contributed by atoms with van der Waals surface area (Å²) in [5.74, 6) is 0.109. The van der Waals surface area contributed by atoms with E-state index in [1.807, 2.05) is 6.92 Å². The Morgan fingerprint density at radius 1 is 1.02 bits per heavy atom. The van der Waals surface area contributed by atoms with Gasteiger partial charge in [-0.1, -0.05) is 31.4 Å². The molecule has 1 aliphatic carbocycles. The molecule has 1 saturated carbocycles. The first kappa shape index (κ1) is 31.8. The number of sulfone groups is 1. The molecule has 44 heavy (non-hydrogen) atoms. The number of nitrogens with one attached hydrogen (secondary N) is 2. The summed E-state index contributed by atoms with van der Waals surface area (Å²) in [6, 6.07) is 12.0. The number of fused-ring (bicyclic) bond motifs is 1. The minimum Gasteiger partial charge on any atom is -0.366 e. The molecule has 0 bridgehead atoms. The molecule has 2 aliphatic rings. The molecule has 1 aromatic heterocycles. The molecule has 2 heterocycles. The van der Waals surface area contributed by atoms with Crippen LogP contribution in [-0.4, -0.2) is 43.7 Å². The van der Waals surface area contributed by atoms with Gasteiger partial charge in [-0.2, -0.15) is 13.2 Å². The maximum absolute atomic E-state index is 13.7. The lowest BCUT2D eigenvalue weighted by molar-refractivity contribution is -0.136. The number of aromatic amines is 1. The third-order valence-electron chi connectivity index (χ3n) is 8.84. The number of pyridine rings is 1. The van der Waals surface area contributed by atoms with E-state index in [4.69, 9.17) is 0 Å². The quantitative estimate of drug-likeness (QED) is 0.264. The Balaban J connectivity index is 1.17. The lowest BCUT2D eigenvalue weighted by Crippen LogP contribution is -2.37. The van der Waals surface area contributed by atoms with E-state index in [1.54, 1.807) is 36.4 Å². The predicted octanol–water partition coefficient (Wildman–Crippen LogP) is 6.48. The standard InChI is InChI=1S/C33H38F3N3O4S/c1-22-7-11-25(39(22)26-12-15-30-28(19-26)29(33(34,35)36)20-32(41)38-30)17-18-37-31(40)16-10-23-8-13-27(14-9-23)44(42,43)21-24-5-3-2-4-6-24/h8-10,12-16,19-20,22,24-25H,2-7,11,17-18,21H2,1H3,(H,37,40)(H,38,41)/b16-10+/t22-,25-/m1/s1. The third kappa shape index (κ3) is 7.54. The lowest BCUT2D eigenvalue weighted by atomic mass is 9.91. The normalized spacial score (nSPS) is 20.0. The van der Waals surface area contributed by atoms with Gasteiger partial charge in [-0.25, -0.2) is 8.42 Å². The van der Waals surface area contributed by atoms with Crippen LogP contribution in [-0.2, 0) is 20.8 Å². The van der Waals surface area contributed by atoms with Gasteiger partial charge >= 0.3 is 6.18 Å². The van der Waals surface area contributed by atoms with Crippen molar-refractivity contribution in [2.45, 2.75) is 81.4 Å². The van der Waals surface area contributed by atoms with Crippen molar-refractivity contribution in [3.8, 4) is 0 Å². The zero-order valence-corrected chi connectivity index (χ0v) is 25.5. The second-order valence-corrected chi connectivity index (χ2v) is 14.1. The summed E-state index contributed by atoms with van der Waals surface area (Å²) in [7, 11) is -3.35. The number of anilines is 1. The molecular weight excluding hydrogens is 591 g/mol. The van der Waals surface area contributed by atoms with Gasteiger partial charge in [0.25, 0.3) is 0 Å². The molecule has 0 radical (unpaired) electrons. The van der Waals surface area contributed by atoms with Crippen molar-refractivity contribution in [1.82, 2.24) is 10.3 Å². The Labute approximate surface area is 255 Å². The second-order valence-electron chi connectivity index (χ2n) is 12.0. The number of aromatic nitrogens is 1. The highest BCUT2D eigenvalue weighted by atomic mass is 32.2. The van der Waals surface area contributed by atoms with Gasteiger partial charge in [-0.15, -0.1) is 0 Å². The number of carbonyl (C=O) groups excluding carboxylic acids is 1. The highest BCUT2D eigenvalue weighted by molar-refractivity contribution is 7.91. The summed E-state index contributed by atoms with van der Waals surface area (Å²) >= 11 is 0. The molecule has 1 saturated heterocycles. The SMILES string of the molecule is C[C@@H]1CC[C@H](CCNC(=O)/C=C/c2ccc(S(=O)(=O)CC3CCCCC3)cc2)N1c1ccc2[nH]c(=O)cc(C(F)(F)F)c2c1. The van der Waals surface area contributed by atoms with Gasteiger partial charge in [0.05, 0.1) is 16.2 Å². The van der Waals surface area contributed by atoms with Gasteiger partial charge in [0.2, 0.25) is 11.5 Å². The molecule has 7 nitrogen and oxygen atoms in total. The number of carbonyl (C=O) groups is 1. The number of nitrogens with zero attached hydrogens (tertiary/aromatic N) is 1. The first-order valence-electron chi connectivity index (χ1n) is 15.2. The van der Waals surface area contributed by atoms with Crippen LogP contribution in [0.15, 0.2) is 64.3 Å². The smallest absolute Gasteiger partial charge is 0.366 e. The van der Waals surface area contributed by atoms with Crippen LogP contribution in [0, 0.1) is 5.92 Å². The summed E-state index contributed by atoms with van der Waals surface area (Å²) in [5.41, 5.74) is -0.281. The van der Waals surface area contributed by atoms with E-state index in [-0.39, 0.29) is 40.6 Å². The van der Waals surface area contributed by atoms with Crippen LogP contribution in [0.4, 0.5) is 18.9 Å². The summed E-state index contributed by atoms with van der Waals surface area (Å²) in [4.78, 5) is 29.2. The number of benzene rings is 2. The minimum absolute atomic E-state index is 0.0203. The number of alkyl halides is 3. The molecule has 1 amide bonds. The average molecular weight is 630 g/mol. The van der Waals surface area contributed by atoms with Crippen LogP contribution in [0.1, 0.15) is 69.4 Å². The number of hydrogen-bond donors (Lipinski definition) is 2. The minimum atomic E-state index is -4.66. The van der Waals surface area contributed by atoms with E-state index < -0.39 is 27.1 Å². The fraction of sp³-hybridized carbons (Fsp3) is 0.455. The molecule has 1 aliphatic heterocycles. The van der Waals surface area contributed by atoms with Crippen molar-refractivity contribution in [3.05, 3.63) is 76.1 Å². The molecule has 0 unspecified atom stereocenters. The van der Waals surface area contributed by atoms with Crippen molar-refractivity contribution in [1.29, 1.82) is 0 Å². The predicted molar refractivity (Wildman–Crippen MR) is 166 cm³/mol. The van der Waals surface area contributed by atoms with E-state index in [1.165, 1.54) is 24.6 Å². The molecule has 0 spiro atoms. The van der Waals surface area contributed by atoms with Gasteiger partial charge in [0.1, 0.15) is 0 Å². The molecule has 5 rings (SSSR count). The van der Waals surface area contributed by atoms with E-state index in [0.29, 0.717) is 35.2 Å². The Bertz CT molecular complexity index is 1680. The average Bonchev–Trinajstić information content (AvgIpc) is 3.35. The van der Waals surface area contributed by atoms with Crippen LogP contribution in [0.3, 0.4) is 0 Å². The van der Waals surface area contributed by atoms with Crippen molar-refractivity contribution < 1.29 is 26.4 Å². The van der Waals surface area contributed by atoms with Crippen LogP contribution in [0.5, 0.6) is 0 Å². The summed E-state index contributed by atoms with van der Waals surface area (Å²) in [5, 5.41) is 2.82. The fourth-order valence-electron chi connectivity index (χ4n) is 6.60.